The maximum absolute atomic E-state index is 15.0. The quantitative estimate of drug-likeness (QED) is 0.350. The zero-order valence-electron chi connectivity index (χ0n) is 26.3. The molecule has 8 nitrogen and oxygen atoms in total. The summed E-state index contributed by atoms with van der Waals surface area (Å²) in [6.45, 7) is 20.5. The molecule has 3 saturated heterocycles. The normalized spacial score (nSPS) is 29.3. The first-order chi connectivity index (χ1) is 20.0. The SMILES string of the molecule is C=CCN(CCC)C(=O)[C@@H]1[C@H]2C(=O)N([C@@H](CO)[C@@H](C)CC)C(C(=O)N(CC=C)c3c(C)cccc3C)C23CC[C@@]1(C)O3. The lowest BCUT2D eigenvalue weighted by Crippen LogP contribution is -2.60. The van der Waals surface area contributed by atoms with E-state index >= 15 is 0 Å². The summed E-state index contributed by atoms with van der Waals surface area (Å²) >= 11 is 0. The summed E-state index contributed by atoms with van der Waals surface area (Å²) in [5, 5.41) is 10.7. The number of amides is 3. The fraction of sp³-hybridized carbons (Fsp3) is 0.618. The smallest absolute Gasteiger partial charge is 0.253 e. The van der Waals surface area contributed by atoms with Crippen LogP contribution in [-0.4, -0.2) is 82.2 Å². The van der Waals surface area contributed by atoms with Gasteiger partial charge in [-0.25, -0.2) is 0 Å². The molecule has 0 saturated carbocycles. The van der Waals surface area contributed by atoms with Crippen molar-refractivity contribution in [3.05, 3.63) is 54.6 Å². The van der Waals surface area contributed by atoms with E-state index in [-0.39, 0.29) is 36.8 Å². The number of fused-ring (bicyclic) bond motifs is 1. The van der Waals surface area contributed by atoms with Gasteiger partial charge in [-0.05, 0) is 57.1 Å². The maximum atomic E-state index is 15.0. The van der Waals surface area contributed by atoms with Crippen LogP contribution in [0.15, 0.2) is 43.5 Å². The van der Waals surface area contributed by atoms with Gasteiger partial charge in [-0.1, -0.05) is 57.5 Å². The van der Waals surface area contributed by atoms with Gasteiger partial charge in [0.15, 0.2) is 0 Å². The fourth-order valence-corrected chi connectivity index (χ4v) is 7.90. The molecule has 0 aromatic heterocycles. The van der Waals surface area contributed by atoms with Crippen molar-refractivity contribution in [3.63, 3.8) is 0 Å². The van der Waals surface area contributed by atoms with Crippen molar-refractivity contribution in [2.75, 3.05) is 31.1 Å². The average Bonchev–Trinajstić information content (AvgIpc) is 3.52. The molecule has 1 spiro atoms. The number of likely N-dealkylation sites (tertiary alicyclic amines) is 1. The number of carbonyl (C=O) groups is 3. The van der Waals surface area contributed by atoms with Gasteiger partial charge in [0.2, 0.25) is 11.8 Å². The molecule has 42 heavy (non-hydrogen) atoms. The first kappa shape index (κ1) is 32.0. The summed E-state index contributed by atoms with van der Waals surface area (Å²) in [5.41, 5.74) is 0.609. The molecule has 2 unspecified atom stereocenters. The van der Waals surface area contributed by atoms with Crippen molar-refractivity contribution in [1.82, 2.24) is 9.80 Å². The number of rotatable bonds is 13. The monoisotopic (exact) mass is 579 g/mol. The lowest BCUT2D eigenvalue weighted by molar-refractivity contribution is -0.153. The second kappa shape index (κ2) is 12.3. The van der Waals surface area contributed by atoms with E-state index in [1.807, 2.05) is 59.7 Å². The van der Waals surface area contributed by atoms with E-state index in [9.17, 15) is 19.5 Å². The van der Waals surface area contributed by atoms with Crippen molar-refractivity contribution in [2.24, 2.45) is 17.8 Å². The van der Waals surface area contributed by atoms with E-state index in [2.05, 4.69) is 13.2 Å². The Morgan fingerprint density at radius 2 is 1.79 bits per heavy atom. The lowest BCUT2D eigenvalue weighted by Gasteiger charge is -2.41. The van der Waals surface area contributed by atoms with Gasteiger partial charge < -0.3 is 24.5 Å². The number of anilines is 1. The van der Waals surface area contributed by atoms with E-state index in [0.717, 1.165) is 23.2 Å². The third-order valence-corrected chi connectivity index (χ3v) is 10.0. The van der Waals surface area contributed by atoms with E-state index < -0.39 is 35.1 Å². The number of para-hydroxylation sites is 1. The van der Waals surface area contributed by atoms with Crippen molar-refractivity contribution < 1.29 is 24.2 Å². The molecule has 3 fully saturated rings. The van der Waals surface area contributed by atoms with Crippen LogP contribution < -0.4 is 4.90 Å². The molecule has 4 rings (SSSR count). The predicted octanol–water partition coefficient (Wildman–Crippen LogP) is 4.42. The van der Waals surface area contributed by atoms with Crippen LogP contribution in [0.5, 0.6) is 0 Å². The maximum Gasteiger partial charge on any atom is 0.253 e. The number of ether oxygens (including phenoxy) is 1. The summed E-state index contributed by atoms with van der Waals surface area (Å²) in [5.74, 6) is -2.28. The van der Waals surface area contributed by atoms with Crippen LogP contribution in [0.3, 0.4) is 0 Å². The molecule has 0 radical (unpaired) electrons. The van der Waals surface area contributed by atoms with E-state index in [0.29, 0.717) is 32.4 Å². The molecule has 1 N–H and O–H groups in total. The molecular formula is C34H49N3O5. The first-order valence-electron chi connectivity index (χ1n) is 15.5. The Morgan fingerprint density at radius 1 is 1.14 bits per heavy atom. The number of aliphatic hydroxyl groups excluding tert-OH is 1. The van der Waals surface area contributed by atoms with E-state index in [4.69, 9.17) is 4.74 Å². The van der Waals surface area contributed by atoms with Gasteiger partial charge in [0.1, 0.15) is 11.6 Å². The van der Waals surface area contributed by atoms with Crippen LogP contribution in [0.1, 0.15) is 64.5 Å². The van der Waals surface area contributed by atoms with Gasteiger partial charge in [0, 0.05) is 25.3 Å². The average molecular weight is 580 g/mol. The molecule has 8 heteroatoms. The zero-order valence-corrected chi connectivity index (χ0v) is 26.3. The molecule has 1 aromatic rings. The number of carbonyl (C=O) groups excluding carboxylic acids is 3. The van der Waals surface area contributed by atoms with Gasteiger partial charge in [-0.3, -0.25) is 14.4 Å². The van der Waals surface area contributed by atoms with Crippen LogP contribution in [0, 0.1) is 31.6 Å². The van der Waals surface area contributed by atoms with E-state index in [1.165, 1.54) is 0 Å². The third kappa shape index (κ3) is 4.90. The molecule has 0 aliphatic carbocycles. The largest absolute Gasteiger partial charge is 0.394 e. The van der Waals surface area contributed by atoms with Crippen LogP contribution >= 0.6 is 0 Å². The molecule has 7 atom stereocenters. The third-order valence-electron chi connectivity index (χ3n) is 10.0. The number of aliphatic hydroxyl groups is 1. The molecule has 3 heterocycles. The molecule has 3 aliphatic rings. The number of nitrogens with zero attached hydrogens (tertiary/aromatic N) is 3. The Bertz CT molecular complexity index is 1210. The highest BCUT2D eigenvalue weighted by molar-refractivity contribution is 6.06. The van der Waals surface area contributed by atoms with Crippen molar-refractivity contribution in [1.29, 1.82) is 0 Å². The van der Waals surface area contributed by atoms with Crippen LogP contribution in [0.4, 0.5) is 5.69 Å². The minimum atomic E-state index is -1.17. The number of hydrogen-bond donors (Lipinski definition) is 1. The predicted molar refractivity (Wildman–Crippen MR) is 165 cm³/mol. The minimum absolute atomic E-state index is 0.0724. The van der Waals surface area contributed by atoms with Gasteiger partial charge in [-0.2, -0.15) is 0 Å². The van der Waals surface area contributed by atoms with Gasteiger partial charge >= 0.3 is 0 Å². The van der Waals surface area contributed by atoms with Gasteiger partial charge in [0.05, 0.1) is 30.1 Å². The fourth-order valence-electron chi connectivity index (χ4n) is 7.90. The first-order valence-corrected chi connectivity index (χ1v) is 15.5. The minimum Gasteiger partial charge on any atom is -0.394 e. The summed E-state index contributed by atoms with van der Waals surface area (Å²) in [6, 6.07) is 4.31. The molecule has 3 aliphatic heterocycles. The molecule has 2 bridgehead atoms. The summed E-state index contributed by atoms with van der Waals surface area (Å²) < 4.78 is 6.89. The highest BCUT2D eigenvalue weighted by atomic mass is 16.5. The second-order valence-corrected chi connectivity index (χ2v) is 12.7. The standard InChI is InChI=1S/C34H49N3O5/c1-9-18-35(19-10-2)30(39)26-27-31(40)37(25(21-38)22(5)12-4)29(34(27)17-16-33(26,8)42-34)32(41)36(20-11-3)28-23(6)14-13-15-24(28)7/h9,11,13-15,22,25-27,29,38H,1,3,10,12,16-21H2,2,4-8H3/t22-,25-,26-,27-,29?,33+,34?/m0/s1. The molecule has 3 amide bonds. The molecule has 230 valence electrons. The molecular weight excluding hydrogens is 530 g/mol. The molecule has 1 aromatic carbocycles. The second-order valence-electron chi connectivity index (χ2n) is 12.7. The van der Waals surface area contributed by atoms with Crippen molar-refractivity contribution >= 4 is 23.4 Å². The number of benzene rings is 1. The lowest BCUT2D eigenvalue weighted by atomic mass is 9.66. The van der Waals surface area contributed by atoms with Crippen LogP contribution in [0.25, 0.3) is 0 Å². The Hall–Kier alpha value is -2.97. The Morgan fingerprint density at radius 3 is 2.33 bits per heavy atom. The summed E-state index contributed by atoms with van der Waals surface area (Å²) in [4.78, 5) is 49.0. The van der Waals surface area contributed by atoms with Crippen molar-refractivity contribution in [2.45, 2.75) is 90.5 Å². The summed E-state index contributed by atoms with van der Waals surface area (Å²) in [7, 11) is 0. The zero-order chi connectivity index (χ0) is 31.0. The summed E-state index contributed by atoms with van der Waals surface area (Å²) in [6.07, 6.45) is 5.93. The van der Waals surface area contributed by atoms with Crippen LogP contribution in [-0.2, 0) is 19.1 Å². The van der Waals surface area contributed by atoms with E-state index in [1.54, 1.807) is 26.9 Å². The van der Waals surface area contributed by atoms with Gasteiger partial charge in [0.25, 0.3) is 5.91 Å². The highest BCUT2D eigenvalue weighted by Gasteiger charge is 2.79. The Kier molecular flexibility index (Phi) is 9.38. The van der Waals surface area contributed by atoms with Crippen LogP contribution in [0.2, 0.25) is 0 Å². The number of hydrogen-bond acceptors (Lipinski definition) is 5. The Balaban J connectivity index is 1.90. The highest BCUT2D eigenvalue weighted by Crippen LogP contribution is 2.64. The Labute approximate surface area is 251 Å². The van der Waals surface area contributed by atoms with Crippen molar-refractivity contribution in [3.8, 4) is 0 Å². The van der Waals surface area contributed by atoms with Gasteiger partial charge in [-0.15, -0.1) is 13.2 Å². The topological polar surface area (TPSA) is 90.4 Å². The number of aryl methyl sites for hydroxylation is 2.